The highest BCUT2D eigenvalue weighted by atomic mass is 127. The van der Waals surface area contributed by atoms with Crippen LogP contribution in [0.1, 0.15) is 50.5 Å². The molecule has 6 nitrogen and oxygen atoms in total. The first-order valence-corrected chi connectivity index (χ1v) is 10.9. The molecule has 3 aliphatic rings. The van der Waals surface area contributed by atoms with Gasteiger partial charge < -0.3 is 24.8 Å². The van der Waals surface area contributed by atoms with Gasteiger partial charge in [0.05, 0.1) is 0 Å². The first kappa shape index (κ1) is 23.2. The van der Waals surface area contributed by atoms with E-state index in [0.29, 0.717) is 6.79 Å². The van der Waals surface area contributed by atoms with E-state index < -0.39 is 0 Å². The monoisotopic (exact) mass is 527 g/mol. The fourth-order valence-corrected chi connectivity index (χ4v) is 4.50. The van der Waals surface area contributed by atoms with E-state index in [4.69, 9.17) is 14.2 Å². The van der Waals surface area contributed by atoms with Crippen LogP contribution in [-0.2, 0) is 10.2 Å². The van der Waals surface area contributed by atoms with Crippen molar-refractivity contribution >= 4 is 29.9 Å². The molecule has 166 valence electrons. The molecule has 1 aromatic rings. The molecule has 4 rings (SSSR count). The number of halogens is 1. The number of fused-ring (bicyclic) bond motifs is 1. The van der Waals surface area contributed by atoms with Gasteiger partial charge in [0.1, 0.15) is 0 Å². The smallest absolute Gasteiger partial charge is 0.231 e. The molecule has 0 spiro atoms. The van der Waals surface area contributed by atoms with Gasteiger partial charge in [0.25, 0.3) is 0 Å². The molecule has 1 saturated heterocycles. The van der Waals surface area contributed by atoms with Crippen LogP contribution in [0.3, 0.4) is 0 Å². The SMILES string of the molecule is CN=C(NCCC1=CCCCC1)NCC1(c2ccc3c(c2)OCO3)CCOCC1.I. The second-order valence-corrected chi connectivity index (χ2v) is 8.17. The van der Waals surface area contributed by atoms with E-state index in [-0.39, 0.29) is 29.4 Å². The molecule has 0 bridgehead atoms. The number of allylic oxidation sites excluding steroid dienone is 1. The third kappa shape index (κ3) is 5.60. The van der Waals surface area contributed by atoms with Crippen molar-refractivity contribution in [3.8, 4) is 11.5 Å². The summed E-state index contributed by atoms with van der Waals surface area (Å²) in [6, 6.07) is 6.34. The van der Waals surface area contributed by atoms with Crippen LogP contribution in [0.4, 0.5) is 0 Å². The fraction of sp³-hybridized carbons (Fsp3) is 0.609. The molecule has 30 heavy (non-hydrogen) atoms. The van der Waals surface area contributed by atoms with Gasteiger partial charge in [-0.3, -0.25) is 4.99 Å². The molecule has 2 heterocycles. The van der Waals surface area contributed by atoms with Gasteiger partial charge in [-0.05, 0) is 62.6 Å². The normalized spacial score (nSPS) is 20.2. The summed E-state index contributed by atoms with van der Waals surface area (Å²) in [4.78, 5) is 4.44. The van der Waals surface area contributed by atoms with E-state index in [9.17, 15) is 0 Å². The largest absolute Gasteiger partial charge is 0.454 e. The van der Waals surface area contributed by atoms with Crippen LogP contribution < -0.4 is 20.1 Å². The summed E-state index contributed by atoms with van der Waals surface area (Å²) in [5.74, 6) is 2.54. The van der Waals surface area contributed by atoms with Crippen LogP contribution in [0, 0.1) is 0 Å². The zero-order chi connectivity index (χ0) is 19.9. The zero-order valence-corrected chi connectivity index (χ0v) is 20.2. The third-order valence-corrected chi connectivity index (χ3v) is 6.38. The zero-order valence-electron chi connectivity index (χ0n) is 17.9. The molecule has 0 unspecified atom stereocenters. The standard InChI is InChI=1S/C23H33N3O3.HI/c1-24-22(25-12-9-18-5-3-2-4-6-18)26-16-23(10-13-27-14-11-23)19-7-8-20-21(15-19)29-17-28-20;/h5,7-8,15H,2-4,6,9-14,16-17H2,1H3,(H2,24,25,26);1H. The second kappa shape index (κ2) is 11.2. The van der Waals surface area contributed by atoms with Gasteiger partial charge in [-0.25, -0.2) is 0 Å². The Balaban J connectivity index is 0.00000256. The van der Waals surface area contributed by atoms with E-state index in [0.717, 1.165) is 63.0 Å². The molecule has 1 aliphatic carbocycles. The number of benzene rings is 1. The quantitative estimate of drug-likeness (QED) is 0.252. The Labute approximate surface area is 196 Å². The first-order valence-electron chi connectivity index (χ1n) is 10.9. The van der Waals surface area contributed by atoms with Crippen molar-refractivity contribution in [3.63, 3.8) is 0 Å². The second-order valence-electron chi connectivity index (χ2n) is 8.17. The van der Waals surface area contributed by atoms with E-state index in [1.165, 1.54) is 31.2 Å². The summed E-state index contributed by atoms with van der Waals surface area (Å²) in [5, 5.41) is 7.06. The van der Waals surface area contributed by atoms with Crippen LogP contribution in [0.2, 0.25) is 0 Å². The lowest BCUT2D eigenvalue weighted by atomic mass is 9.74. The molecule has 0 amide bonds. The number of hydrogen-bond acceptors (Lipinski definition) is 4. The van der Waals surface area contributed by atoms with Gasteiger partial charge in [-0.2, -0.15) is 0 Å². The van der Waals surface area contributed by atoms with E-state index in [1.54, 1.807) is 5.57 Å². The Bertz CT molecular complexity index is 760. The van der Waals surface area contributed by atoms with Gasteiger partial charge in [0.2, 0.25) is 6.79 Å². The maximum absolute atomic E-state index is 5.67. The molecule has 1 aromatic carbocycles. The summed E-state index contributed by atoms with van der Waals surface area (Å²) < 4.78 is 16.8. The van der Waals surface area contributed by atoms with Crippen LogP contribution >= 0.6 is 24.0 Å². The minimum Gasteiger partial charge on any atom is -0.454 e. The lowest BCUT2D eigenvalue weighted by molar-refractivity contribution is 0.0513. The van der Waals surface area contributed by atoms with Crippen molar-refractivity contribution in [2.75, 3.05) is 40.1 Å². The van der Waals surface area contributed by atoms with Crippen molar-refractivity contribution in [2.45, 2.75) is 50.4 Å². The van der Waals surface area contributed by atoms with E-state index in [1.807, 2.05) is 13.1 Å². The maximum atomic E-state index is 5.67. The van der Waals surface area contributed by atoms with Crippen molar-refractivity contribution in [3.05, 3.63) is 35.4 Å². The van der Waals surface area contributed by atoms with Crippen LogP contribution in [0.5, 0.6) is 11.5 Å². The highest BCUT2D eigenvalue weighted by Gasteiger charge is 2.35. The lowest BCUT2D eigenvalue weighted by Crippen LogP contribution is -2.48. The summed E-state index contributed by atoms with van der Waals surface area (Å²) in [6.07, 6.45) is 10.6. The average Bonchev–Trinajstić information content (AvgIpc) is 3.25. The molecule has 7 heteroatoms. The molecular formula is C23H34IN3O3. The summed E-state index contributed by atoms with van der Waals surface area (Å²) >= 11 is 0. The van der Waals surface area contributed by atoms with Crippen molar-refractivity contribution in [1.82, 2.24) is 10.6 Å². The fourth-order valence-electron chi connectivity index (χ4n) is 4.50. The summed E-state index contributed by atoms with van der Waals surface area (Å²) in [5.41, 5.74) is 2.86. The van der Waals surface area contributed by atoms with Crippen molar-refractivity contribution in [2.24, 2.45) is 4.99 Å². The highest BCUT2D eigenvalue weighted by Crippen LogP contribution is 2.40. The Morgan fingerprint density at radius 1 is 1.10 bits per heavy atom. The van der Waals surface area contributed by atoms with Crippen LogP contribution in [0.15, 0.2) is 34.8 Å². The molecule has 0 atom stereocenters. The Kier molecular flexibility index (Phi) is 8.68. The number of aliphatic imine (C=N–C) groups is 1. The third-order valence-electron chi connectivity index (χ3n) is 6.38. The topological polar surface area (TPSA) is 64.1 Å². The molecule has 0 saturated carbocycles. The Hall–Kier alpha value is -1.48. The van der Waals surface area contributed by atoms with Gasteiger partial charge in [-0.1, -0.05) is 17.7 Å². The van der Waals surface area contributed by atoms with Crippen molar-refractivity contribution < 1.29 is 14.2 Å². The van der Waals surface area contributed by atoms with Gasteiger partial charge in [-0.15, -0.1) is 24.0 Å². The molecule has 0 radical (unpaired) electrons. The number of ether oxygens (including phenoxy) is 3. The first-order chi connectivity index (χ1) is 14.3. The molecule has 2 N–H and O–H groups in total. The predicted molar refractivity (Wildman–Crippen MR) is 130 cm³/mol. The van der Waals surface area contributed by atoms with Gasteiger partial charge >= 0.3 is 0 Å². The number of nitrogens with one attached hydrogen (secondary N) is 2. The van der Waals surface area contributed by atoms with Crippen LogP contribution in [-0.4, -0.2) is 46.1 Å². The summed E-state index contributed by atoms with van der Waals surface area (Å²) in [6.45, 7) is 3.59. The van der Waals surface area contributed by atoms with Crippen molar-refractivity contribution in [1.29, 1.82) is 0 Å². The number of rotatable bonds is 6. The highest BCUT2D eigenvalue weighted by molar-refractivity contribution is 14.0. The number of guanidine groups is 1. The molecule has 2 aliphatic heterocycles. The molecule has 1 fully saturated rings. The Morgan fingerprint density at radius 3 is 2.70 bits per heavy atom. The van der Waals surface area contributed by atoms with Crippen LogP contribution in [0.25, 0.3) is 0 Å². The lowest BCUT2D eigenvalue weighted by Gasteiger charge is -2.38. The maximum Gasteiger partial charge on any atom is 0.231 e. The molecular weight excluding hydrogens is 493 g/mol. The molecule has 0 aromatic heterocycles. The van der Waals surface area contributed by atoms with Gasteiger partial charge in [0, 0.05) is 38.8 Å². The number of hydrogen-bond donors (Lipinski definition) is 2. The predicted octanol–water partition coefficient (Wildman–Crippen LogP) is 4.14. The summed E-state index contributed by atoms with van der Waals surface area (Å²) in [7, 11) is 1.84. The van der Waals surface area contributed by atoms with E-state index in [2.05, 4.69) is 33.8 Å². The average molecular weight is 527 g/mol. The number of nitrogens with zero attached hydrogens (tertiary/aromatic N) is 1. The van der Waals surface area contributed by atoms with Gasteiger partial charge in [0.15, 0.2) is 17.5 Å². The minimum absolute atomic E-state index is 0. The minimum atomic E-state index is 0. The Morgan fingerprint density at radius 2 is 1.93 bits per heavy atom. The van der Waals surface area contributed by atoms with E-state index >= 15 is 0 Å².